The minimum atomic E-state index is -0.322. The minimum absolute atomic E-state index is 0.0813. The number of esters is 1. The topological polar surface area (TPSA) is 69.8 Å². The number of epoxide rings is 2. The summed E-state index contributed by atoms with van der Waals surface area (Å²) in [5, 5.41) is 0. The monoisotopic (exact) mass is 442 g/mol. The van der Waals surface area contributed by atoms with E-state index in [2.05, 4.69) is 19.7 Å². The Morgan fingerprint density at radius 3 is 1.91 bits per heavy atom. The van der Waals surface area contributed by atoms with Crippen LogP contribution in [0.1, 0.15) is 32.6 Å². The number of allylic oxidation sites excluding steroid dienone is 5. The summed E-state index contributed by atoms with van der Waals surface area (Å²) < 4.78 is 26.9. The first-order chi connectivity index (χ1) is 15.4. The lowest BCUT2D eigenvalue weighted by Crippen LogP contribution is -2.25. The third kappa shape index (κ3) is 8.52. The molecule has 32 heavy (non-hydrogen) atoms. The molecule has 1 aliphatic carbocycles. The van der Waals surface area contributed by atoms with Crippen molar-refractivity contribution in [2.45, 2.75) is 50.9 Å². The molecule has 174 valence electrons. The molecule has 2 aliphatic heterocycles. The maximum Gasteiger partial charge on any atom is 0.338 e. The molecular formula is C26H34O6. The highest BCUT2D eigenvalue weighted by Crippen LogP contribution is 2.32. The van der Waals surface area contributed by atoms with E-state index in [1.54, 1.807) is 18.2 Å². The van der Waals surface area contributed by atoms with Crippen LogP contribution in [0.15, 0.2) is 72.8 Å². The van der Waals surface area contributed by atoms with Crippen molar-refractivity contribution in [2.24, 2.45) is 5.92 Å². The zero-order chi connectivity index (χ0) is 22.9. The van der Waals surface area contributed by atoms with Crippen molar-refractivity contribution < 1.29 is 28.5 Å². The van der Waals surface area contributed by atoms with Gasteiger partial charge >= 0.3 is 5.97 Å². The first-order valence-electron chi connectivity index (χ1n) is 11.2. The maximum absolute atomic E-state index is 12.5. The zero-order valence-corrected chi connectivity index (χ0v) is 18.9. The standard InChI is InChI=1S/C26H34O6/c1-5-21(9-8-20(4)29-15-25-17-31-25)26(27)32-23-12-10-22(11-13-23)18(2)6-7-19(3)28-14-24-16-30-24/h5-9,22-25H,2-4,10-17H2,1H3/b7-6-,9-8-,21-5+. The molecule has 2 saturated heterocycles. The van der Waals surface area contributed by atoms with E-state index in [4.69, 9.17) is 23.7 Å². The fraction of sp³-hybridized carbons (Fsp3) is 0.500. The van der Waals surface area contributed by atoms with Gasteiger partial charge in [-0.25, -0.2) is 4.79 Å². The van der Waals surface area contributed by atoms with Crippen LogP contribution in [0.3, 0.4) is 0 Å². The van der Waals surface area contributed by atoms with Crippen molar-refractivity contribution in [1.82, 2.24) is 0 Å². The first-order valence-corrected chi connectivity index (χ1v) is 11.2. The van der Waals surface area contributed by atoms with Gasteiger partial charge in [0.05, 0.1) is 18.8 Å². The zero-order valence-electron chi connectivity index (χ0n) is 18.9. The van der Waals surface area contributed by atoms with Gasteiger partial charge < -0.3 is 23.7 Å². The highest BCUT2D eigenvalue weighted by Gasteiger charge is 2.26. The molecule has 0 aromatic carbocycles. The van der Waals surface area contributed by atoms with Crippen LogP contribution in [0, 0.1) is 5.92 Å². The van der Waals surface area contributed by atoms with Gasteiger partial charge in [0, 0.05) is 0 Å². The molecule has 0 spiro atoms. The number of hydrogen-bond donors (Lipinski definition) is 0. The third-order valence-corrected chi connectivity index (χ3v) is 5.67. The van der Waals surface area contributed by atoms with Gasteiger partial charge in [0.1, 0.15) is 43.0 Å². The molecule has 0 aromatic heterocycles. The lowest BCUT2D eigenvalue weighted by atomic mass is 9.83. The second-order valence-electron chi connectivity index (χ2n) is 8.33. The highest BCUT2D eigenvalue weighted by molar-refractivity contribution is 5.91. The minimum Gasteiger partial charge on any atom is -0.491 e. The Bertz CT molecular complexity index is 789. The molecule has 6 heteroatoms. The van der Waals surface area contributed by atoms with Gasteiger partial charge in [0.25, 0.3) is 0 Å². The van der Waals surface area contributed by atoms with Crippen LogP contribution in [0.5, 0.6) is 0 Å². The smallest absolute Gasteiger partial charge is 0.338 e. The van der Waals surface area contributed by atoms with Crippen LogP contribution >= 0.6 is 0 Å². The highest BCUT2D eigenvalue weighted by atomic mass is 16.6. The molecule has 0 aromatic rings. The summed E-state index contributed by atoms with van der Waals surface area (Å²) in [6, 6.07) is 0. The number of carbonyl (C=O) groups is 1. The van der Waals surface area contributed by atoms with E-state index in [1.165, 1.54) is 0 Å². The Morgan fingerprint density at radius 1 is 0.875 bits per heavy atom. The predicted octanol–water partition coefficient (Wildman–Crippen LogP) is 4.56. The molecule has 3 fully saturated rings. The first kappa shape index (κ1) is 24.1. The van der Waals surface area contributed by atoms with Crippen LogP contribution in [-0.2, 0) is 28.5 Å². The number of hydrogen-bond acceptors (Lipinski definition) is 6. The van der Waals surface area contributed by atoms with Gasteiger partial charge in [-0.15, -0.1) is 0 Å². The summed E-state index contributed by atoms with van der Waals surface area (Å²) in [6.07, 6.45) is 12.7. The average molecular weight is 443 g/mol. The molecular weight excluding hydrogens is 408 g/mol. The van der Waals surface area contributed by atoms with Crippen LogP contribution in [0.2, 0.25) is 0 Å². The van der Waals surface area contributed by atoms with Gasteiger partial charge in [-0.2, -0.15) is 0 Å². The second kappa shape index (κ2) is 11.9. The summed E-state index contributed by atoms with van der Waals surface area (Å²) in [5.41, 5.74) is 1.54. The molecule has 1 saturated carbocycles. The largest absolute Gasteiger partial charge is 0.491 e. The molecule has 2 atom stereocenters. The van der Waals surface area contributed by atoms with Crippen LogP contribution in [0.25, 0.3) is 0 Å². The summed E-state index contributed by atoms with van der Waals surface area (Å²) >= 11 is 0. The fourth-order valence-electron chi connectivity index (χ4n) is 3.40. The Balaban J connectivity index is 1.36. The van der Waals surface area contributed by atoms with E-state index in [0.29, 0.717) is 36.2 Å². The van der Waals surface area contributed by atoms with Crippen molar-refractivity contribution >= 4 is 5.97 Å². The van der Waals surface area contributed by atoms with Gasteiger partial charge in [0.2, 0.25) is 0 Å². The van der Waals surface area contributed by atoms with Crippen LogP contribution in [0.4, 0.5) is 0 Å². The Labute approximate surface area is 190 Å². The Morgan fingerprint density at radius 2 is 1.41 bits per heavy atom. The van der Waals surface area contributed by atoms with Gasteiger partial charge in [-0.3, -0.25) is 0 Å². The molecule has 3 aliphatic rings. The molecule has 0 amide bonds. The molecule has 2 unspecified atom stereocenters. The Kier molecular flexibility index (Phi) is 8.94. The molecule has 0 radical (unpaired) electrons. The third-order valence-electron chi connectivity index (χ3n) is 5.67. The molecule has 2 heterocycles. The molecule has 6 nitrogen and oxygen atoms in total. The molecule has 0 N–H and O–H groups in total. The van der Waals surface area contributed by atoms with Crippen LogP contribution in [-0.4, -0.2) is 50.7 Å². The summed E-state index contributed by atoms with van der Waals surface area (Å²) in [7, 11) is 0. The van der Waals surface area contributed by atoms with E-state index in [1.807, 2.05) is 19.1 Å². The lowest BCUT2D eigenvalue weighted by molar-refractivity contribution is -0.145. The fourth-order valence-corrected chi connectivity index (χ4v) is 3.40. The number of ether oxygens (including phenoxy) is 5. The normalized spacial score (nSPS) is 27.2. The lowest BCUT2D eigenvalue weighted by Gasteiger charge is -2.28. The summed E-state index contributed by atoms with van der Waals surface area (Å²) in [5.74, 6) is 1.16. The SMILES string of the molecule is C=C(/C=C\C(=C)C1CCC(OC(=O)C(/C=C\C(=C)OCC2CO2)=C/C)CC1)OCC1CO1. The van der Waals surface area contributed by atoms with Crippen molar-refractivity contribution in [1.29, 1.82) is 0 Å². The van der Waals surface area contributed by atoms with E-state index in [9.17, 15) is 4.79 Å². The van der Waals surface area contributed by atoms with Gasteiger partial charge in [-0.05, 0) is 56.8 Å². The summed E-state index contributed by atoms with van der Waals surface area (Å²) in [4.78, 5) is 12.5. The molecule has 0 bridgehead atoms. The predicted molar refractivity (Wildman–Crippen MR) is 123 cm³/mol. The van der Waals surface area contributed by atoms with Gasteiger partial charge in [0.15, 0.2) is 0 Å². The summed E-state index contributed by atoms with van der Waals surface area (Å²) in [6.45, 7) is 16.3. The van der Waals surface area contributed by atoms with E-state index in [0.717, 1.165) is 44.5 Å². The molecule has 3 rings (SSSR count). The quantitative estimate of drug-likeness (QED) is 0.137. The van der Waals surface area contributed by atoms with E-state index < -0.39 is 0 Å². The van der Waals surface area contributed by atoms with Gasteiger partial charge in [-0.1, -0.05) is 37.5 Å². The van der Waals surface area contributed by atoms with Crippen molar-refractivity contribution in [3.63, 3.8) is 0 Å². The number of carbonyl (C=O) groups excluding carboxylic acids is 1. The number of rotatable bonds is 13. The Hall–Kier alpha value is -2.57. The van der Waals surface area contributed by atoms with Crippen molar-refractivity contribution in [2.75, 3.05) is 26.4 Å². The van der Waals surface area contributed by atoms with E-state index >= 15 is 0 Å². The maximum atomic E-state index is 12.5. The van der Waals surface area contributed by atoms with E-state index in [-0.39, 0.29) is 24.3 Å². The average Bonchev–Trinajstić information content (AvgIpc) is 3.70. The van der Waals surface area contributed by atoms with Crippen molar-refractivity contribution in [3.8, 4) is 0 Å². The van der Waals surface area contributed by atoms with Crippen LogP contribution < -0.4 is 0 Å². The second-order valence-corrected chi connectivity index (χ2v) is 8.33. The van der Waals surface area contributed by atoms with Crippen molar-refractivity contribution in [3.05, 3.63) is 72.8 Å².